The van der Waals surface area contributed by atoms with Crippen LogP contribution in [0.3, 0.4) is 0 Å². The van der Waals surface area contributed by atoms with Gasteiger partial charge in [-0.3, -0.25) is 0 Å². The molecule has 0 amide bonds. The Morgan fingerprint density at radius 1 is 0.870 bits per heavy atom. The maximum atomic E-state index is 6.06. The summed E-state index contributed by atoms with van der Waals surface area (Å²) in [6, 6.07) is 0.555. The maximum Gasteiger partial charge on any atom is 0.199 e. The van der Waals surface area contributed by atoms with Crippen LogP contribution in [-0.2, 0) is 9.47 Å². The highest BCUT2D eigenvalue weighted by Crippen LogP contribution is 2.38. The predicted octanol–water partition coefficient (Wildman–Crippen LogP) is 4.48. The average molecular weight is 322 g/mol. The highest BCUT2D eigenvalue weighted by Gasteiger charge is 2.46. The lowest BCUT2D eigenvalue weighted by atomic mass is 9.81. The summed E-state index contributed by atoms with van der Waals surface area (Å²) in [6.45, 7) is 14.7. The number of aliphatic imine (C=N–C) groups is 2. The molecule has 2 heterocycles. The zero-order valence-corrected chi connectivity index (χ0v) is 15.8. The SMILES string of the molecule is CCC(C)[C@H]1COC(C(CC)(CC)C2=N[C@@H](C(C)CC)CO2)=N1. The zero-order valence-electron chi connectivity index (χ0n) is 15.8. The Hall–Kier alpha value is -1.06. The summed E-state index contributed by atoms with van der Waals surface area (Å²) in [6.07, 6.45) is 4.09. The monoisotopic (exact) mass is 322 g/mol. The fourth-order valence-electron chi connectivity index (χ4n) is 3.38. The van der Waals surface area contributed by atoms with E-state index in [-0.39, 0.29) is 17.5 Å². The van der Waals surface area contributed by atoms with Crippen LogP contribution in [-0.4, -0.2) is 37.1 Å². The smallest absolute Gasteiger partial charge is 0.199 e. The van der Waals surface area contributed by atoms with Crippen LogP contribution in [0.25, 0.3) is 0 Å². The lowest BCUT2D eigenvalue weighted by Crippen LogP contribution is -2.39. The second-order valence-electron chi connectivity index (χ2n) is 7.19. The first-order valence-electron chi connectivity index (χ1n) is 9.44. The average Bonchev–Trinajstić information content (AvgIpc) is 3.25. The van der Waals surface area contributed by atoms with Crippen molar-refractivity contribution in [3.63, 3.8) is 0 Å². The van der Waals surface area contributed by atoms with E-state index >= 15 is 0 Å². The van der Waals surface area contributed by atoms with Gasteiger partial charge in [0.2, 0.25) is 0 Å². The zero-order chi connectivity index (χ0) is 17.0. The van der Waals surface area contributed by atoms with Crippen LogP contribution in [0.2, 0.25) is 0 Å². The Morgan fingerprint density at radius 3 is 1.57 bits per heavy atom. The van der Waals surface area contributed by atoms with Crippen molar-refractivity contribution in [3.05, 3.63) is 0 Å². The van der Waals surface area contributed by atoms with Crippen molar-refractivity contribution in [3.8, 4) is 0 Å². The first-order chi connectivity index (χ1) is 11.0. The van der Waals surface area contributed by atoms with Crippen molar-refractivity contribution in [1.82, 2.24) is 0 Å². The Labute approximate surface area is 141 Å². The second kappa shape index (κ2) is 7.67. The third-order valence-corrected chi connectivity index (χ3v) is 5.98. The van der Waals surface area contributed by atoms with Gasteiger partial charge in [-0.25, -0.2) is 9.98 Å². The first kappa shape index (κ1) is 18.3. The summed E-state index contributed by atoms with van der Waals surface area (Å²) in [5, 5.41) is 0. The molecule has 0 aromatic rings. The third-order valence-electron chi connectivity index (χ3n) is 5.98. The molecule has 0 radical (unpaired) electrons. The van der Waals surface area contributed by atoms with E-state index in [1.807, 2.05) is 0 Å². The van der Waals surface area contributed by atoms with Crippen LogP contribution in [0.5, 0.6) is 0 Å². The molecule has 0 spiro atoms. The van der Waals surface area contributed by atoms with Gasteiger partial charge in [-0.1, -0.05) is 54.4 Å². The van der Waals surface area contributed by atoms with Crippen molar-refractivity contribution >= 4 is 11.8 Å². The van der Waals surface area contributed by atoms with Gasteiger partial charge < -0.3 is 9.47 Å². The number of hydrogen-bond donors (Lipinski definition) is 0. The molecule has 0 aliphatic carbocycles. The fourth-order valence-corrected chi connectivity index (χ4v) is 3.38. The molecular weight excluding hydrogens is 288 g/mol. The summed E-state index contributed by atoms with van der Waals surface area (Å²) in [7, 11) is 0. The van der Waals surface area contributed by atoms with Gasteiger partial charge in [0.25, 0.3) is 0 Å². The minimum absolute atomic E-state index is 0.273. The van der Waals surface area contributed by atoms with E-state index in [0.29, 0.717) is 25.0 Å². The van der Waals surface area contributed by atoms with Crippen molar-refractivity contribution in [2.75, 3.05) is 13.2 Å². The number of ether oxygens (including phenoxy) is 2. The molecule has 2 aliphatic rings. The molecule has 0 N–H and O–H groups in total. The van der Waals surface area contributed by atoms with E-state index < -0.39 is 0 Å². The third kappa shape index (κ3) is 3.41. The van der Waals surface area contributed by atoms with Crippen molar-refractivity contribution < 1.29 is 9.47 Å². The fraction of sp³-hybridized carbons (Fsp3) is 0.895. The van der Waals surface area contributed by atoms with E-state index in [0.717, 1.165) is 37.5 Å². The molecule has 4 nitrogen and oxygen atoms in total. The number of nitrogens with zero attached hydrogens (tertiary/aromatic N) is 2. The minimum atomic E-state index is -0.273. The van der Waals surface area contributed by atoms with Crippen molar-refractivity contribution in [1.29, 1.82) is 0 Å². The topological polar surface area (TPSA) is 43.2 Å². The van der Waals surface area contributed by atoms with E-state index in [1.54, 1.807) is 0 Å². The molecule has 0 bridgehead atoms. The Bertz CT molecular complexity index is 416. The van der Waals surface area contributed by atoms with Crippen molar-refractivity contribution in [2.45, 2.75) is 79.3 Å². The lowest BCUT2D eigenvalue weighted by molar-refractivity contribution is 0.229. The molecule has 2 aliphatic heterocycles. The van der Waals surface area contributed by atoms with Gasteiger partial charge >= 0.3 is 0 Å². The minimum Gasteiger partial charge on any atom is -0.478 e. The van der Waals surface area contributed by atoms with Gasteiger partial charge in [0.05, 0.1) is 12.1 Å². The second-order valence-corrected chi connectivity index (χ2v) is 7.19. The molecule has 0 saturated heterocycles. The van der Waals surface area contributed by atoms with E-state index in [2.05, 4.69) is 41.5 Å². The molecule has 0 aromatic heterocycles. The first-order valence-corrected chi connectivity index (χ1v) is 9.44. The van der Waals surface area contributed by atoms with Crippen LogP contribution < -0.4 is 0 Å². The summed E-state index contributed by atoms with van der Waals surface area (Å²) in [5.41, 5.74) is -0.273. The molecule has 4 atom stereocenters. The van der Waals surface area contributed by atoms with E-state index in [1.165, 1.54) is 0 Å². The van der Waals surface area contributed by atoms with Gasteiger partial charge in [0.15, 0.2) is 11.8 Å². The van der Waals surface area contributed by atoms with Gasteiger partial charge in [-0.05, 0) is 24.7 Å². The van der Waals surface area contributed by atoms with E-state index in [9.17, 15) is 0 Å². The Morgan fingerprint density at radius 2 is 1.26 bits per heavy atom. The maximum absolute atomic E-state index is 6.06. The number of rotatable bonds is 8. The highest BCUT2D eigenvalue weighted by atomic mass is 16.5. The lowest BCUT2D eigenvalue weighted by Gasteiger charge is -2.29. The van der Waals surface area contributed by atoms with Crippen LogP contribution >= 0.6 is 0 Å². The Balaban J connectivity index is 2.27. The van der Waals surface area contributed by atoms with Crippen LogP contribution in [0.4, 0.5) is 0 Å². The van der Waals surface area contributed by atoms with Gasteiger partial charge in [0, 0.05) is 0 Å². The van der Waals surface area contributed by atoms with Crippen LogP contribution in [0, 0.1) is 17.3 Å². The molecule has 0 aromatic carbocycles. The standard InChI is InChI=1S/C19H34N2O2/c1-7-13(5)15-11-22-17(20-15)19(9-3,10-4)18-21-16(12-23-18)14(6)8-2/h13-16H,7-12H2,1-6H3/t13?,14?,15-,16-/m1/s1. The molecule has 2 unspecified atom stereocenters. The predicted molar refractivity (Wildman–Crippen MR) is 96.3 cm³/mol. The molecule has 132 valence electrons. The van der Waals surface area contributed by atoms with Crippen LogP contribution in [0.15, 0.2) is 9.98 Å². The molecule has 23 heavy (non-hydrogen) atoms. The van der Waals surface area contributed by atoms with Gasteiger partial charge in [-0.15, -0.1) is 0 Å². The van der Waals surface area contributed by atoms with E-state index in [4.69, 9.17) is 19.5 Å². The number of hydrogen-bond acceptors (Lipinski definition) is 4. The largest absolute Gasteiger partial charge is 0.478 e. The normalized spacial score (nSPS) is 27.0. The van der Waals surface area contributed by atoms with Crippen LogP contribution in [0.1, 0.15) is 67.2 Å². The summed E-state index contributed by atoms with van der Waals surface area (Å²) < 4.78 is 12.1. The van der Waals surface area contributed by atoms with Crippen molar-refractivity contribution in [2.24, 2.45) is 27.2 Å². The highest BCUT2D eigenvalue weighted by molar-refractivity contribution is 6.06. The molecular formula is C19H34N2O2. The molecule has 4 heteroatoms. The molecule has 0 saturated carbocycles. The quantitative estimate of drug-likeness (QED) is 0.661. The summed E-state index contributed by atoms with van der Waals surface area (Å²) >= 11 is 0. The summed E-state index contributed by atoms with van der Waals surface area (Å²) in [5.74, 6) is 2.82. The Kier molecular flexibility index (Phi) is 6.10. The summed E-state index contributed by atoms with van der Waals surface area (Å²) in [4.78, 5) is 9.88. The van der Waals surface area contributed by atoms with Gasteiger partial charge in [-0.2, -0.15) is 0 Å². The molecule has 2 rings (SSSR count). The van der Waals surface area contributed by atoms with Gasteiger partial charge in [0.1, 0.15) is 18.6 Å². The molecule has 0 fully saturated rings.